The third-order valence-corrected chi connectivity index (χ3v) is 6.40. The van der Waals surface area contributed by atoms with Crippen LogP contribution in [-0.4, -0.2) is 33.6 Å². The van der Waals surface area contributed by atoms with Crippen molar-refractivity contribution in [2.24, 2.45) is 7.05 Å². The number of benzene rings is 1. The molecular weight excluding hydrogens is 336 g/mol. The van der Waals surface area contributed by atoms with Gasteiger partial charge in [-0.15, -0.1) is 0 Å². The smallest absolute Gasteiger partial charge is 0.260 e. The molecule has 120 valence electrons. The molecule has 1 aromatic carbocycles. The van der Waals surface area contributed by atoms with E-state index in [0.29, 0.717) is 24.7 Å². The number of aromatic nitrogens is 3. The lowest BCUT2D eigenvalue weighted by atomic mass is 10.2. The van der Waals surface area contributed by atoms with E-state index in [1.807, 2.05) is 24.3 Å². The van der Waals surface area contributed by atoms with Gasteiger partial charge in [-0.25, -0.2) is 8.42 Å². The van der Waals surface area contributed by atoms with Gasteiger partial charge in [0.2, 0.25) is 0 Å². The lowest BCUT2D eigenvalue weighted by Gasteiger charge is -2.28. The number of halogens is 1. The Hall–Kier alpha value is -1.83. The number of hydrogen-bond acceptors (Lipinski definition) is 3. The average Bonchev–Trinajstić information content (AvgIpc) is 3.10. The fraction of sp³-hybridized carbons (Fsp3) is 0.267. The van der Waals surface area contributed by atoms with Gasteiger partial charge in [0.05, 0.1) is 12.7 Å². The van der Waals surface area contributed by atoms with Crippen LogP contribution in [0.5, 0.6) is 0 Å². The van der Waals surface area contributed by atoms with Crippen molar-refractivity contribution in [2.45, 2.75) is 18.1 Å². The summed E-state index contributed by atoms with van der Waals surface area (Å²) in [5, 5.41) is 5.93. The van der Waals surface area contributed by atoms with Crippen molar-refractivity contribution < 1.29 is 8.42 Å². The van der Waals surface area contributed by atoms with E-state index in [0.717, 1.165) is 16.6 Å². The summed E-state index contributed by atoms with van der Waals surface area (Å²) in [6.07, 6.45) is 1.50. The first-order chi connectivity index (χ1) is 11.0. The first-order valence-corrected chi connectivity index (χ1v) is 9.04. The normalized spacial score (nSPS) is 15.9. The molecule has 0 saturated carbocycles. The number of fused-ring (bicyclic) bond motifs is 3. The fourth-order valence-electron chi connectivity index (χ4n) is 3.10. The first kappa shape index (κ1) is 14.7. The predicted octanol–water partition coefficient (Wildman–Crippen LogP) is 2.23. The van der Waals surface area contributed by atoms with Crippen molar-refractivity contribution in [1.29, 1.82) is 0 Å². The van der Waals surface area contributed by atoms with Gasteiger partial charge >= 0.3 is 0 Å². The highest BCUT2D eigenvalue weighted by molar-refractivity contribution is 7.89. The molecule has 0 radical (unpaired) electrons. The fourth-order valence-corrected chi connectivity index (χ4v) is 4.77. The van der Waals surface area contributed by atoms with Crippen LogP contribution in [0.2, 0.25) is 5.02 Å². The molecule has 0 saturated heterocycles. The Kier molecular flexibility index (Phi) is 3.26. The van der Waals surface area contributed by atoms with Crippen molar-refractivity contribution in [3.63, 3.8) is 0 Å². The molecule has 0 spiro atoms. The van der Waals surface area contributed by atoms with Crippen LogP contribution in [0.25, 0.3) is 10.9 Å². The molecule has 0 unspecified atom stereocenters. The van der Waals surface area contributed by atoms with Crippen LogP contribution in [0.4, 0.5) is 0 Å². The van der Waals surface area contributed by atoms with E-state index in [1.54, 1.807) is 7.05 Å². The summed E-state index contributed by atoms with van der Waals surface area (Å²) < 4.78 is 30.6. The summed E-state index contributed by atoms with van der Waals surface area (Å²) >= 11 is 6.07. The molecule has 8 heteroatoms. The van der Waals surface area contributed by atoms with Crippen molar-refractivity contribution in [2.75, 3.05) is 6.54 Å². The zero-order valence-corrected chi connectivity index (χ0v) is 14.0. The van der Waals surface area contributed by atoms with Gasteiger partial charge in [0.1, 0.15) is 0 Å². The van der Waals surface area contributed by atoms with E-state index >= 15 is 0 Å². The second kappa shape index (κ2) is 5.09. The Morgan fingerprint density at radius 1 is 1.17 bits per heavy atom. The molecule has 2 aromatic heterocycles. The van der Waals surface area contributed by atoms with Gasteiger partial charge in [0.25, 0.3) is 10.0 Å². The predicted molar refractivity (Wildman–Crippen MR) is 87.8 cm³/mol. The van der Waals surface area contributed by atoms with Crippen molar-refractivity contribution >= 4 is 32.5 Å². The summed E-state index contributed by atoms with van der Waals surface area (Å²) in [5.74, 6) is 0. The Morgan fingerprint density at radius 2 is 2.00 bits per heavy atom. The third kappa shape index (κ3) is 2.27. The van der Waals surface area contributed by atoms with Crippen LogP contribution in [0, 0.1) is 0 Å². The molecule has 0 amide bonds. The van der Waals surface area contributed by atoms with Crippen LogP contribution in [0.3, 0.4) is 0 Å². The molecule has 0 atom stereocenters. The van der Waals surface area contributed by atoms with Crippen LogP contribution >= 0.6 is 11.6 Å². The van der Waals surface area contributed by atoms with Gasteiger partial charge in [0, 0.05) is 41.8 Å². The molecule has 0 fully saturated rings. The average molecular weight is 351 g/mol. The van der Waals surface area contributed by atoms with E-state index in [1.165, 1.54) is 21.3 Å². The van der Waals surface area contributed by atoms with Crippen LogP contribution in [0.15, 0.2) is 41.6 Å². The maximum atomic E-state index is 12.8. The van der Waals surface area contributed by atoms with Gasteiger partial charge in [-0.05, 0) is 24.3 Å². The number of aryl methyl sites for hydroxylation is 1. The second-order valence-corrected chi connectivity index (χ2v) is 7.94. The maximum Gasteiger partial charge on any atom is 0.260 e. The number of sulfonamides is 1. The van der Waals surface area contributed by atoms with E-state index in [4.69, 9.17) is 11.6 Å². The third-order valence-electron chi connectivity index (χ3n) is 4.24. The van der Waals surface area contributed by atoms with Gasteiger partial charge < -0.3 is 4.57 Å². The number of rotatable bonds is 2. The zero-order valence-electron chi connectivity index (χ0n) is 12.5. The maximum absolute atomic E-state index is 12.8. The molecule has 3 aromatic rings. The Bertz CT molecular complexity index is 1010. The molecule has 6 nitrogen and oxygen atoms in total. The van der Waals surface area contributed by atoms with Crippen LogP contribution < -0.4 is 0 Å². The van der Waals surface area contributed by atoms with E-state index in [9.17, 15) is 8.42 Å². The van der Waals surface area contributed by atoms with Gasteiger partial charge in [0.15, 0.2) is 5.03 Å². The summed E-state index contributed by atoms with van der Waals surface area (Å²) in [6.45, 7) is 1.38. The molecule has 0 bridgehead atoms. The first-order valence-electron chi connectivity index (χ1n) is 7.22. The molecule has 0 N–H and O–H groups in total. The summed E-state index contributed by atoms with van der Waals surface area (Å²) in [7, 11) is -1.91. The molecule has 0 aliphatic carbocycles. The highest BCUT2D eigenvalue weighted by Gasteiger charge is 2.31. The number of nitrogens with zero attached hydrogens (tertiary/aromatic N) is 4. The van der Waals surface area contributed by atoms with Crippen molar-refractivity contribution in [1.82, 2.24) is 18.7 Å². The van der Waals surface area contributed by atoms with Crippen molar-refractivity contribution in [3.05, 3.63) is 47.2 Å². The Labute approximate surface area is 138 Å². The lowest BCUT2D eigenvalue weighted by molar-refractivity contribution is 0.342. The van der Waals surface area contributed by atoms with Gasteiger partial charge in [-0.2, -0.15) is 9.40 Å². The largest absolute Gasteiger partial charge is 0.342 e. The number of hydrogen-bond donors (Lipinski definition) is 0. The Morgan fingerprint density at radius 3 is 2.74 bits per heavy atom. The monoisotopic (exact) mass is 350 g/mol. The molecule has 1 aliphatic rings. The summed E-state index contributed by atoms with van der Waals surface area (Å²) in [4.78, 5) is 0. The van der Waals surface area contributed by atoms with E-state index < -0.39 is 10.0 Å². The van der Waals surface area contributed by atoms with Gasteiger partial charge in [-0.1, -0.05) is 17.7 Å². The molecule has 1 aliphatic heterocycles. The minimum absolute atomic E-state index is 0.213. The SMILES string of the molecule is Cn1nccc1S(=O)(=O)N1CCn2c(cc3ccc(Cl)cc32)C1. The van der Waals surface area contributed by atoms with Crippen molar-refractivity contribution in [3.8, 4) is 0 Å². The van der Waals surface area contributed by atoms with E-state index in [2.05, 4.69) is 9.67 Å². The zero-order chi connectivity index (χ0) is 16.2. The second-order valence-electron chi connectivity index (χ2n) is 5.62. The quantitative estimate of drug-likeness (QED) is 0.712. The Balaban J connectivity index is 1.75. The molecule has 3 heterocycles. The molecule has 23 heavy (non-hydrogen) atoms. The minimum Gasteiger partial charge on any atom is -0.342 e. The molecule has 4 rings (SSSR count). The summed E-state index contributed by atoms with van der Waals surface area (Å²) in [6, 6.07) is 9.28. The van der Waals surface area contributed by atoms with Crippen LogP contribution in [0.1, 0.15) is 5.69 Å². The van der Waals surface area contributed by atoms with Crippen LogP contribution in [-0.2, 0) is 30.2 Å². The highest BCUT2D eigenvalue weighted by atomic mass is 35.5. The van der Waals surface area contributed by atoms with E-state index in [-0.39, 0.29) is 5.03 Å². The lowest BCUT2D eigenvalue weighted by Crippen LogP contribution is -2.38. The highest BCUT2D eigenvalue weighted by Crippen LogP contribution is 2.28. The molecular formula is C15H15ClN4O2S. The minimum atomic E-state index is -3.54. The topological polar surface area (TPSA) is 60.1 Å². The van der Waals surface area contributed by atoms with Gasteiger partial charge in [-0.3, -0.25) is 4.68 Å². The summed E-state index contributed by atoms with van der Waals surface area (Å²) in [5.41, 5.74) is 2.02. The standard InChI is InChI=1S/C15H15ClN4O2S/c1-18-15(4-5-17-18)23(21,22)19-6-7-20-13(10-19)8-11-2-3-12(16)9-14(11)20/h2-5,8-9H,6-7,10H2,1H3.